The third-order valence-electron chi connectivity index (χ3n) is 6.41. The van der Waals surface area contributed by atoms with Crippen LogP contribution in [0.3, 0.4) is 0 Å². The lowest BCUT2D eigenvalue weighted by molar-refractivity contribution is -0.129. The average molecular weight is 557 g/mol. The fourth-order valence-corrected chi connectivity index (χ4v) is 6.79. The molecule has 2 aromatic heterocycles. The molecule has 9 nitrogen and oxygen atoms in total. The molecule has 2 atom stereocenters. The summed E-state index contributed by atoms with van der Waals surface area (Å²) in [5.74, 6) is -1.08. The van der Waals surface area contributed by atoms with E-state index >= 15 is 0 Å². The molecule has 1 aliphatic heterocycles. The van der Waals surface area contributed by atoms with E-state index in [0.29, 0.717) is 30.6 Å². The summed E-state index contributed by atoms with van der Waals surface area (Å²) < 4.78 is 28.2. The van der Waals surface area contributed by atoms with Crippen molar-refractivity contribution < 1.29 is 22.8 Å². The lowest BCUT2D eigenvalue weighted by Crippen LogP contribution is -2.54. The Kier molecular flexibility index (Phi) is 8.91. The van der Waals surface area contributed by atoms with Crippen molar-refractivity contribution in [2.24, 2.45) is 5.92 Å². The molecular formula is C27H32N4O5S2. The average Bonchev–Trinajstić information content (AvgIpc) is 3.32. The quantitative estimate of drug-likeness (QED) is 0.438. The lowest BCUT2D eigenvalue weighted by atomic mass is 10.00. The third kappa shape index (κ3) is 6.64. The lowest BCUT2D eigenvalue weighted by Gasteiger charge is -2.28. The zero-order valence-corrected chi connectivity index (χ0v) is 23.1. The van der Waals surface area contributed by atoms with Crippen LogP contribution in [0.4, 0.5) is 0 Å². The van der Waals surface area contributed by atoms with E-state index in [9.17, 15) is 22.8 Å². The van der Waals surface area contributed by atoms with Gasteiger partial charge in [-0.2, -0.15) is 4.31 Å². The van der Waals surface area contributed by atoms with E-state index in [4.69, 9.17) is 0 Å². The number of ketones is 1. The van der Waals surface area contributed by atoms with Crippen LogP contribution in [0.15, 0.2) is 59.8 Å². The minimum Gasteiger partial charge on any atom is -0.344 e. The number of aromatic nitrogens is 1. The van der Waals surface area contributed by atoms with Crippen molar-refractivity contribution in [2.75, 3.05) is 13.1 Å². The number of thiophene rings is 1. The summed E-state index contributed by atoms with van der Waals surface area (Å²) >= 11 is 1.35. The number of carbonyl (C=O) groups excluding carboxylic acids is 3. The van der Waals surface area contributed by atoms with Crippen LogP contribution in [-0.2, 0) is 19.6 Å². The van der Waals surface area contributed by atoms with Gasteiger partial charge in [-0.15, -0.1) is 11.3 Å². The van der Waals surface area contributed by atoms with E-state index in [1.54, 1.807) is 18.2 Å². The first-order chi connectivity index (χ1) is 18.1. The van der Waals surface area contributed by atoms with E-state index in [0.717, 1.165) is 14.4 Å². The molecule has 1 fully saturated rings. The molecular weight excluding hydrogens is 524 g/mol. The minimum absolute atomic E-state index is 0.112. The van der Waals surface area contributed by atoms with Gasteiger partial charge in [-0.05, 0) is 61.3 Å². The molecule has 0 saturated carbocycles. The van der Waals surface area contributed by atoms with Crippen LogP contribution >= 0.6 is 11.3 Å². The van der Waals surface area contributed by atoms with Gasteiger partial charge in [0.2, 0.25) is 5.91 Å². The Hall–Kier alpha value is -3.15. The molecule has 3 heterocycles. The van der Waals surface area contributed by atoms with Gasteiger partial charge in [0, 0.05) is 17.4 Å². The molecule has 0 radical (unpaired) electrons. The number of fused-ring (bicyclic) bond motifs is 1. The van der Waals surface area contributed by atoms with Crippen LogP contribution < -0.4 is 10.6 Å². The van der Waals surface area contributed by atoms with E-state index in [1.165, 1.54) is 23.6 Å². The Morgan fingerprint density at radius 1 is 1.13 bits per heavy atom. The van der Waals surface area contributed by atoms with Crippen molar-refractivity contribution >= 4 is 49.0 Å². The second kappa shape index (κ2) is 12.1. The highest BCUT2D eigenvalue weighted by Gasteiger charge is 2.33. The summed E-state index contributed by atoms with van der Waals surface area (Å²) in [5, 5.41) is 6.49. The highest BCUT2D eigenvalue weighted by molar-refractivity contribution is 7.89. The molecule has 11 heteroatoms. The number of hydrogen-bond acceptors (Lipinski definition) is 7. The number of carbonyl (C=O) groups is 3. The van der Waals surface area contributed by atoms with E-state index in [1.807, 2.05) is 38.1 Å². The Bertz CT molecular complexity index is 1370. The van der Waals surface area contributed by atoms with E-state index in [2.05, 4.69) is 15.6 Å². The Balaban J connectivity index is 1.46. The fourth-order valence-electron chi connectivity index (χ4n) is 4.45. The molecule has 0 bridgehead atoms. The summed E-state index contributed by atoms with van der Waals surface area (Å²) in [6, 6.07) is 12.4. The van der Waals surface area contributed by atoms with Crippen molar-refractivity contribution in [3.8, 4) is 0 Å². The number of rotatable bonds is 8. The zero-order chi connectivity index (χ0) is 27.3. The van der Waals surface area contributed by atoms with Gasteiger partial charge in [0.25, 0.3) is 15.9 Å². The van der Waals surface area contributed by atoms with E-state index in [-0.39, 0.29) is 29.9 Å². The van der Waals surface area contributed by atoms with Crippen LogP contribution in [0.25, 0.3) is 10.1 Å². The number of amides is 2. The monoisotopic (exact) mass is 556 g/mol. The summed E-state index contributed by atoms with van der Waals surface area (Å²) in [6.45, 7) is 3.75. The second-order valence-electron chi connectivity index (χ2n) is 9.83. The van der Waals surface area contributed by atoms with Crippen molar-refractivity contribution in [3.63, 3.8) is 0 Å². The van der Waals surface area contributed by atoms with Crippen molar-refractivity contribution in [1.82, 2.24) is 19.9 Å². The maximum Gasteiger partial charge on any atom is 0.262 e. The predicted octanol–water partition coefficient (Wildman–Crippen LogP) is 3.37. The topological polar surface area (TPSA) is 126 Å². The fraction of sp³-hybridized carbons (Fsp3) is 0.407. The van der Waals surface area contributed by atoms with Crippen LogP contribution in [-0.4, -0.2) is 60.5 Å². The van der Waals surface area contributed by atoms with Gasteiger partial charge < -0.3 is 10.6 Å². The first-order valence-corrected chi connectivity index (χ1v) is 14.9. The number of nitrogens with one attached hydrogen (secondary N) is 2. The summed E-state index contributed by atoms with van der Waals surface area (Å²) in [4.78, 5) is 43.9. The first-order valence-electron chi connectivity index (χ1n) is 12.7. The molecule has 3 aromatic rings. The van der Waals surface area contributed by atoms with Gasteiger partial charge in [0.1, 0.15) is 6.04 Å². The SMILES string of the molecule is CC(C)C[C@H](NC(=O)c1cc2ccccc2s1)C(=O)NC1CCCCN(S(=O)(=O)c2ccccn2)CC1=O. The highest BCUT2D eigenvalue weighted by atomic mass is 32.2. The van der Waals surface area contributed by atoms with Gasteiger partial charge in [-0.3, -0.25) is 14.4 Å². The number of pyridine rings is 1. The molecule has 0 aliphatic carbocycles. The van der Waals surface area contributed by atoms with E-state index < -0.39 is 33.8 Å². The minimum atomic E-state index is -3.94. The van der Waals surface area contributed by atoms with Crippen LogP contribution in [0.5, 0.6) is 0 Å². The number of nitrogens with zero attached hydrogens (tertiary/aromatic N) is 2. The Morgan fingerprint density at radius 2 is 1.89 bits per heavy atom. The Morgan fingerprint density at radius 3 is 2.61 bits per heavy atom. The molecule has 1 saturated heterocycles. The third-order valence-corrected chi connectivity index (χ3v) is 9.28. The first kappa shape index (κ1) is 27.9. The molecule has 1 unspecified atom stereocenters. The smallest absolute Gasteiger partial charge is 0.262 e. The molecule has 1 aliphatic rings. The highest BCUT2D eigenvalue weighted by Crippen LogP contribution is 2.25. The maximum atomic E-state index is 13.3. The summed E-state index contributed by atoms with van der Waals surface area (Å²) in [5.41, 5.74) is 0. The molecule has 202 valence electrons. The molecule has 38 heavy (non-hydrogen) atoms. The molecule has 4 rings (SSSR count). The second-order valence-corrected chi connectivity index (χ2v) is 12.8. The largest absolute Gasteiger partial charge is 0.344 e. The van der Waals surface area contributed by atoms with Gasteiger partial charge in [-0.1, -0.05) is 38.1 Å². The van der Waals surface area contributed by atoms with Crippen LogP contribution in [0.1, 0.15) is 49.2 Å². The number of sulfonamides is 1. The molecule has 2 N–H and O–H groups in total. The molecule has 2 amide bonds. The van der Waals surface area contributed by atoms with Gasteiger partial charge in [0.05, 0.1) is 17.5 Å². The van der Waals surface area contributed by atoms with Gasteiger partial charge >= 0.3 is 0 Å². The Labute approximate surface area is 226 Å². The molecule has 0 spiro atoms. The standard InChI is InChI=1S/C27H32N4O5S2/c1-18(2)15-21(30-27(34)24-16-19-9-3-4-11-23(19)37-24)26(33)29-20-10-6-8-14-31(17-22(20)32)38(35,36)25-12-5-7-13-28-25/h3-5,7,9,11-13,16,18,20-21H,6,8,10,14-15,17H2,1-2H3,(H,29,33)(H,30,34)/t20?,21-/m0/s1. The van der Waals surface area contributed by atoms with Crippen molar-refractivity contribution in [2.45, 2.75) is 56.6 Å². The van der Waals surface area contributed by atoms with Crippen LogP contribution in [0.2, 0.25) is 0 Å². The van der Waals surface area contributed by atoms with Crippen LogP contribution in [0, 0.1) is 5.92 Å². The van der Waals surface area contributed by atoms with Gasteiger partial charge in [0.15, 0.2) is 10.8 Å². The van der Waals surface area contributed by atoms with Crippen molar-refractivity contribution in [3.05, 3.63) is 59.6 Å². The number of Topliss-reactive ketones (excluding diaryl/α,β-unsaturated/α-hetero) is 1. The number of hydrogen-bond donors (Lipinski definition) is 2. The summed E-state index contributed by atoms with van der Waals surface area (Å²) in [6.07, 6.45) is 3.30. The number of benzene rings is 1. The predicted molar refractivity (Wildman–Crippen MR) is 146 cm³/mol. The summed E-state index contributed by atoms with van der Waals surface area (Å²) in [7, 11) is -3.94. The van der Waals surface area contributed by atoms with Crippen molar-refractivity contribution in [1.29, 1.82) is 0 Å². The normalized spacial score (nSPS) is 18.1. The zero-order valence-electron chi connectivity index (χ0n) is 21.4. The maximum absolute atomic E-state index is 13.3. The molecule has 1 aromatic carbocycles. The van der Waals surface area contributed by atoms with Gasteiger partial charge in [-0.25, -0.2) is 13.4 Å².